The van der Waals surface area contributed by atoms with Crippen LogP contribution in [-0.2, 0) is 27.0 Å². The van der Waals surface area contributed by atoms with E-state index in [2.05, 4.69) is 51.9 Å². The molecule has 37 heavy (non-hydrogen) atoms. The van der Waals surface area contributed by atoms with Gasteiger partial charge in [0.1, 0.15) is 0 Å². The van der Waals surface area contributed by atoms with Crippen LogP contribution in [0.25, 0.3) is 0 Å². The number of amides is 2. The Morgan fingerprint density at radius 2 is 1.41 bits per heavy atom. The molecule has 2 aliphatic rings. The van der Waals surface area contributed by atoms with Crippen LogP contribution in [-0.4, -0.2) is 42.9 Å². The molecule has 0 unspecified atom stereocenters. The van der Waals surface area contributed by atoms with Gasteiger partial charge in [-0.3, -0.25) is 9.59 Å². The molecular weight excluding hydrogens is 458 g/mol. The van der Waals surface area contributed by atoms with Gasteiger partial charge >= 0.3 is 0 Å². The highest BCUT2D eigenvalue weighted by molar-refractivity contribution is 5.92. The fraction of sp³-hybridized carbons (Fsp3) is 0.375. The van der Waals surface area contributed by atoms with Crippen molar-refractivity contribution >= 4 is 11.8 Å². The van der Waals surface area contributed by atoms with Crippen LogP contribution in [0.4, 0.5) is 0 Å². The monoisotopic (exact) mass is 495 g/mol. The first-order valence-corrected chi connectivity index (χ1v) is 13.5. The summed E-state index contributed by atoms with van der Waals surface area (Å²) in [4.78, 5) is 28.2. The number of hydrogen-bond acceptors (Lipinski definition) is 3. The molecular formula is C32H37N3O2. The molecule has 2 N–H and O–H groups in total. The van der Waals surface area contributed by atoms with Gasteiger partial charge in [-0.2, -0.15) is 0 Å². The second kappa shape index (κ2) is 10.9. The molecule has 5 rings (SSSR count). The van der Waals surface area contributed by atoms with Gasteiger partial charge in [-0.05, 0) is 48.3 Å². The average molecular weight is 496 g/mol. The molecule has 192 valence electrons. The Bertz CT molecular complexity index is 1190. The van der Waals surface area contributed by atoms with Gasteiger partial charge in [-0.1, -0.05) is 91.0 Å². The smallest absolute Gasteiger partial charge is 0.231 e. The van der Waals surface area contributed by atoms with Crippen molar-refractivity contribution in [1.82, 2.24) is 15.5 Å². The Morgan fingerprint density at radius 1 is 0.838 bits per heavy atom. The van der Waals surface area contributed by atoms with Crippen LogP contribution in [0.15, 0.2) is 91.0 Å². The van der Waals surface area contributed by atoms with Gasteiger partial charge in [0.2, 0.25) is 11.8 Å². The minimum absolute atomic E-state index is 0.00904. The molecule has 1 saturated heterocycles. The summed E-state index contributed by atoms with van der Waals surface area (Å²) < 4.78 is 0. The van der Waals surface area contributed by atoms with E-state index in [1.165, 1.54) is 11.1 Å². The maximum absolute atomic E-state index is 13.6. The minimum Gasteiger partial charge on any atom is -0.355 e. The number of nitrogens with one attached hydrogen (secondary N) is 2. The lowest BCUT2D eigenvalue weighted by molar-refractivity contribution is -0.124. The molecule has 3 aromatic rings. The zero-order valence-corrected chi connectivity index (χ0v) is 21.7. The van der Waals surface area contributed by atoms with Crippen LogP contribution in [0, 0.1) is 5.92 Å². The van der Waals surface area contributed by atoms with Crippen molar-refractivity contribution in [1.29, 1.82) is 0 Å². The molecule has 1 saturated carbocycles. The first-order valence-electron chi connectivity index (χ1n) is 13.5. The van der Waals surface area contributed by atoms with Crippen molar-refractivity contribution in [2.75, 3.05) is 26.2 Å². The zero-order valence-electron chi connectivity index (χ0n) is 21.7. The number of rotatable bonds is 9. The maximum atomic E-state index is 13.6. The van der Waals surface area contributed by atoms with Crippen molar-refractivity contribution in [3.8, 4) is 0 Å². The quantitative estimate of drug-likeness (QED) is 0.462. The lowest BCUT2D eigenvalue weighted by atomic mass is 9.80. The third-order valence-corrected chi connectivity index (χ3v) is 8.27. The third kappa shape index (κ3) is 5.47. The standard InChI is InChI=1S/C32H37N3O2/c1-25(36)34-31(27-13-7-3-8-14-27)18-21-35(22-19-31)24-29-23-32(29,28-15-9-4-10-16-28)30(37)33-20-17-26-11-5-2-6-12-26/h2-16,29H,17-24H2,1H3,(H,33,37)(H,34,36)/t29-,32+/m0/s1. The molecule has 1 heterocycles. The summed E-state index contributed by atoms with van der Waals surface area (Å²) in [5.74, 6) is 0.444. The van der Waals surface area contributed by atoms with E-state index in [-0.39, 0.29) is 23.3 Å². The predicted molar refractivity (Wildman–Crippen MR) is 147 cm³/mol. The van der Waals surface area contributed by atoms with Gasteiger partial charge < -0.3 is 15.5 Å². The summed E-state index contributed by atoms with van der Waals surface area (Å²) in [6.07, 6.45) is 3.44. The van der Waals surface area contributed by atoms with Gasteiger partial charge in [0, 0.05) is 33.1 Å². The number of likely N-dealkylation sites (tertiary alicyclic amines) is 1. The van der Waals surface area contributed by atoms with E-state index in [4.69, 9.17) is 0 Å². The summed E-state index contributed by atoms with van der Waals surface area (Å²) in [6, 6.07) is 30.9. The van der Waals surface area contributed by atoms with Gasteiger partial charge in [0.05, 0.1) is 11.0 Å². The van der Waals surface area contributed by atoms with Gasteiger partial charge in [-0.15, -0.1) is 0 Å². The van der Waals surface area contributed by atoms with Gasteiger partial charge in [0.25, 0.3) is 0 Å². The molecule has 2 amide bonds. The molecule has 5 nitrogen and oxygen atoms in total. The fourth-order valence-electron chi connectivity index (χ4n) is 6.18. The van der Waals surface area contributed by atoms with E-state index < -0.39 is 5.41 Å². The summed E-state index contributed by atoms with van der Waals surface area (Å²) in [5, 5.41) is 6.52. The molecule has 2 fully saturated rings. The van der Waals surface area contributed by atoms with E-state index >= 15 is 0 Å². The summed E-state index contributed by atoms with van der Waals surface area (Å²) in [6.45, 7) is 4.93. The summed E-state index contributed by atoms with van der Waals surface area (Å²) in [7, 11) is 0. The van der Waals surface area contributed by atoms with E-state index in [0.717, 1.165) is 50.9 Å². The molecule has 1 aliphatic carbocycles. The van der Waals surface area contributed by atoms with Crippen molar-refractivity contribution in [2.24, 2.45) is 5.92 Å². The molecule has 0 aromatic heterocycles. The fourth-order valence-corrected chi connectivity index (χ4v) is 6.18. The van der Waals surface area contributed by atoms with Crippen LogP contribution in [0.2, 0.25) is 0 Å². The van der Waals surface area contributed by atoms with Crippen molar-refractivity contribution in [3.63, 3.8) is 0 Å². The first-order chi connectivity index (χ1) is 18.0. The summed E-state index contributed by atoms with van der Waals surface area (Å²) in [5.41, 5.74) is 2.75. The number of carbonyl (C=O) groups excluding carboxylic acids is 2. The van der Waals surface area contributed by atoms with Gasteiger partial charge in [0.15, 0.2) is 0 Å². The van der Waals surface area contributed by atoms with E-state index in [1.807, 2.05) is 54.6 Å². The van der Waals surface area contributed by atoms with Crippen LogP contribution in [0.5, 0.6) is 0 Å². The lowest BCUT2D eigenvalue weighted by Gasteiger charge is -2.43. The Kier molecular flexibility index (Phi) is 7.43. The van der Waals surface area contributed by atoms with Crippen molar-refractivity contribution in [2.45, 2.75) is 43.6 Å². The maximum Gasteiger partial charge on any atom is 0.231 e. The highest BCUT2D eigenvalue weighted by Gasteiger charge is 2.61. The Morgan fingerprint density at radius 3 is 2.00 bits per heavy atom. The highest BCUT2D eigenvalue weighted by atomic mass is 16.2. The molecule has 0 spiro atoms. The topological polar surface area (TPSA) is 61.4 Å². The van der Waals surface area contributed by atoms with Crippen LogP contribution < -0.4 is 10.6 Å². The number of benzene rings is 3. The molecule has 3 aromatic carbocycles. The molecule has 0 bridgehead atoms. The number of piperidine rings is 1. The number of hydrogen-bond donors (Lipinski definition) is 2. The largest absolute Gasteiger partial charge is 0.355 e. The second-order valence-corrected chi connectivity index (χ2v) is 10.7. The number of nitrogens with zero attached hydrogens (tertiary/aromatic N) is 1. The van der Waals surface area contributed by atoms with Gasteiger partial charge in [-0.25, -0.2) is 0 Å². The minimum atomic E-state index is -0.455. The molecule has 5 heteroatoms. The SMILES string of the molecule is CC(=O)NC1(c2ccccc2)CCN(C[C@@H]2C[C@@]2(C(=O)NCCc2ccccc2)c2ccccc2)CC1. The van der Waals surface area contributed by atoms with E-state index in [0.29, 0.717) is 6.54 Å². The molecule has 2 atom stereocenters. The first kappa shape index (κ1) is 25.2. The predicted octanol–water partition coefficient (Wildman–Crippen LogP) is 4.43. The molecule has 1 aliphatic heterocycles. The number of carbonyl (C=O) groups is 2. The van der Waals surface area contributed by atoms with Crippen molar-refractivity contribution < 1.29 is 9.59 Å². The van der Waals surface area contributed by atoms with Crippen LogP contribution >= 0.6 is 0 Å². The van der Waals surface area contributed by atoms with E-state index in [9.17, 15) is 9.59 Å². The third-order valence-electron chi connectivity index (χ3n) is 8.27. The Hall–Kier alpha value is -3.44. The van der Waals surface area contributed by atoms with E-state index in [1.54, 1.807) is 6.92 Å². The highest BCUT2D eigenvalue weighted by Crippen LogP contribution is 2.55. The average Bonchev–Trinajstić information content (AvgIpc) is 3.66. The Balaban J connectivity index is 1.24. The normalized spacial score (nSPS) is 22.7. The Labute approximate surface area is 220 Å². The van der Waals surface area contributed by atoms with Crippen LogP contribution in [0.1, 0.15) is 42.9 Å². The summed E-state index contributed by atoms with van der Waals surface area (Å²) >= 11 is 0. The zero-order chi connectivity index (χ0) is 25.7. The molecule has 0 radical (unpaired) electrons. The second-order valence-electron chi connectivity index (χ2n) is 10.7. The van der Waals surface area contributed by atoms with Crippen LogP contribution in [0.3, 0.4) is 0 Å². The lowest BCUT2D eigenvalue weighted by Crippen LogP contribution is -2.53. The van der Waals surface area contributed by atoms with Crippen molar-refractivity contribution in [3.05, 3.63) is 108 Å².